The summed E-state index contributed by atoms with van der Waals surface area (Å²) in [6.07, 6.45) is 0. The molecule has 0 aliphatic heterocycles. The minimum absolute atomic E-state index is 0.000862. The van der Waals surface area contributed by atoms with Crippen LogP contribution < -0.4 is 21.6 Å². The van der Waals surface area contributed by atoms with Crippen LogP contribution in [0.25, 0.3) is 10.9 Å². The number of nitrogens with two attached hydrogens (primary N) is 1. The van der Waals surface area contributed by atoms with E-state index in [9.17, 15) is 9.59 Å². The summed E-state index contributed by atoms with van der Waals surface area (Å²) >= 11 is 0. The van der Waals surface area contributed by atoms with Gasteiger partial charge in [0.1, 0.15) is 5.52 Å². The molecule has 1 aromatic heterocycles. The highest BCUT2D eigenvalue weighted by atomic mass is 16.1. The molecule has 2 rings (SSSR count). The Kier molecular flexibility index (Phi) is 3.05. The van der Waals surface area contributed by atoms with Crippen molar-refractivity contribution in [2.45, 2.75) is 6.92 Å². The summed E-state index contributed by atoms with van der Waals surface area (Å²) in [6.45, 7) is 1.32. The summed E-state index contributed by atoms with van der Waals surface area (Å²) in [7, 11) is 0. The number of rotatable bonds is 1. The number of hydrogen-bond acceptors (Lipinski definition) is 3. The van der Waals surface area contributed by atoms with E-state index in [-0.39, 0.29) is 23.4 Å². The van der Waals surface area contributed by atoms with E-state index < -0.39 is 0 Å². The first-order valence-corrected chi connectivity index (χ1v) is 5.22. The Morgan fingerprint density at radius 1 is 1.44 bits per heavy atom. The number of carbonyl (C=O) groups is 1. The molecule has 18 heavy (non-hydrogen) atoms. The molecule has 1 amide bonds. The quantitative estimate of drug-likeness (QED) is 0.347. The van der Waals surface area contributed by atoms with Crippen LogP contribution in [0, 0.1) is 0 Å². The molecule has 2 aromatic rings. The first-order valence-electron chi connectivity index (χ1n) is 5.22. The Labute approximate surface area is 102 Å². The number of nitrogens with one attached hydrogen (secondary N) is 3. The molecule has 7 heteroatoms. The van der Waals surface area contributed by atoms with Crippen LogP contribution in [-0.2, 0) is 4.79 Å². The van der Waals surface area contributed by atoms with E-state index in [4.69, 9.17) is 5.73 Å². The van der Waals surface area contributed by atoms with Crippen molar-refractivity contribution < 1.29 is 9.79 Å². The highest BCUT2D eigenvalue weighted by molar-refractivity contribution is 5.92. The van der Waals surface area contributed by atoms with Gasteiger partial charge < -0.3 is 5.73 Å². The lowest BCUT2D eigenvalue weighted by Crippen LogP contribution is -2.75. The zero-order chi connectivity index (χ0) is 13.1. The van der Waals surface area contributed by atoms with Gasteiger partial charge in [-0.3, -0.25) is 9.59 Å². The minimum atomic E-state index is -0.317. The number of fused-ring (bicyclic) bond motifs is 1. The number of para-hydroxylation sites is 1. The Bertz CT molecular complexity index is 689. The SMILES string of the molecule is CC(=O)N/C(N)=[NH+]/c1nc2ccccc2c(=O)[nH]1. The molecule has 0 radical (unpaired) electrons. The summed E-state index contributed by atoms with van der Waals surface area (Å²) in [6, 6.07) is 6.92. The topological polar surface area (TPSA) is 115 Å². The number of nitrogens with zero attached hydrogens (tertiary/aromatic N) is 1. The molecule has 0 aliphatic rings. The molecule has 0 atom stereocenters. The molecule has 7 nitrogen and oxygen atoms in total. The fourth-order valence-electron chi connectivity index (χ4n) is 1.49. The average Bonchev–Trinajstić information content (AvgIpc) is 2.27. The van der Waals surface area contributed by atoms with Gasteiger partial charge in [0.2, 0.25) is 0 Å². The third kappa shape index (κ3) is 2.51. The van der Waals surface area contributed by atoms with Gasteiger partial charge in [0.05, 0.1) is 5.39 Å². The smallest absolute Gasteiger partial charge is 0.322 e. The maximum atomic E-state index is 11.7. The van der Waals surface area contributed by atoms with Gasteiger partial charge in [-0.05, 0) is 12.1 Å². The van der Waals surface area contributed by atoms with Crippen LogP contribution in [0.3, 0.4) is 0 Å². The molecular weight excluding hydrogens is 234 g/mol. The van der Waals surface area contributed by atoms with Crippen LogP contribution >= 0.6 is 0 Å². The van der Waals surface area contributed by atoms with E-state index in [1.807, 2.05) is 0 Å². The number of H-pyrrole nitrogens is 1. The van der Waals surface area contributed by atoms with Gasteiger partial charge in [0, 0.05) is 6.92 Å². The van der Waals surface area contributed by atoms with Crippen LogP contribution in [0.2, 0.25) is 0 Å². The number of hydrogen-bond donors (Lipinski definition) is 4. The second-order valence-electron chi connectivity index (χ2n) is 3.65. The summed E-state index contributed by atoms with van der Waals surface area (Å²) in [5, 5.41) is 2.83. The van der Waals surface area contributed by atoms with Crippen LogP contribution in [0.15, 0.2) is 29.1 Å². The molecule has 5 N–H and O–H groups in total. The Morgan fingerprint density at radius 2 is 2.17 bits per heavy atom. The molecule has 1 aromatic carbocycles. The van der Waals surface area contributed by atoms with Gasteiger partial charge in [-0.25, -0.2) is 15.3 Å². The summed E-state index contributed by atoms with van der Waals surface area (Å²) in [5.74, 6) is -0.144. The number of amides is 1. The Morgan fingerprint density at radius 3 is 2.89 bits per heavy atom. The fourth-order valence-corrected chi connectivity index (χ4v) is 1.49. The summed E-state index contributed by atoms with van der Waals surface area (Å²) in [4.78, 5) is 31.8. The van der Waals surface area contributed by atoms with Crippen molar-refractivity contribution in [3.05, 3.63) is 34.6 Å². The molecule has 0 saturated carbocycles. The zero-order valence-electron chi connectivity index (χ0n) is 9.65. The second kappa shape index (κ2) is 4.66. The number of benzene rings is 1. The van der Waals surface area contributed by atoms with E-state index in [0.717, 1.165) is 0 Å². The first-order chi connectivity index (χ1) is 8.56. The van der Waals surface area contributed by atoms with E-state index in [1.165, 1.54) is 6.92 Å². The van der Waals surface area contributed by atoms with Crippen molar-refractivity contribution in [2.24, 2.45) is 5.73 Å². The van der Waals surface area contributed by atoms with Crippen molar-refractivity contribution in [2.75, 3.05) is 0 Å². The summed E-state index contributed by atoms with van der Waals surface area (Å²) in [5.41, 5.74) is 5.77. The van der Waals surface area contributed by atoms with Crippen LogP contribution in [0.1, 0.15) is 6.92 Å². The van der Waals surface area contributed by atoms with Crippen molar-refractivity contribution >= 4 is 28.7 Å². The number of aromatic amines is 1. The molecule has 1 heterocycles. The molecule has 92 valence electrons. The van der Waals surface area contributed by atoms with Gasteiger partial charge in [-0.1, -0.05) is 12.1 Å². The lowest BCUT2D eigenvalue weighted by molar-refractivity contribution is -0.367. The van der Waals surface area contributed by atoms with Gasteiger partial charge >= 0.3 is 5.95 Å². The molecule has 0 fully saturated rings. The maximum absolute atomic E-state index is 11.7. The maximum Gasteiger partial charge on any atom is 0.326 e. The van der Waals surface area contributed by atoms with Crippen LogP contribution in [-0.4, -0.2) is 21.8 Å². The molecule has 0 bridgehead atoms. The predicted octanol–water partition coefficient (Wildman–Crippen LogP) is -1.91. The molecule has 0 unspecified atom stereocenters. The second-order valence-corrected chi connectivity index (χ2v) is 3.65. The van der Waals surface area contributed by atoms with Gasteiger partial charge in [-0.15, -0.1) is 4.98 Å². The zero-order valence-corrected chi connectivity index (χ0v) is 9.65. The highest BCUT2D eigenvalue weighted by Gasteiger charge is 2.07. The minimum Gasteiger partial charge on any atom is -0.322 e. The molecule has 0 saturated heterocycles. The molecular formula is C11H12N5O2+. The normalized spacial score (nSPS) is 11.5. The van der Waals surface area contributed by atoms with Crippen molar-refractivity contribution in [1.82, 2.24) is 15.3 Å². The highest BCUT2D eigenvalue weighted by Crippen LogP contribution is 2.04. The number of carbonyl (C=O) groups excluding carboxylic acids is 1. The first kappa shape index (κ1) is 11.8. The largest absolute Gasteiger partial charge is 0.326 e. The van der Waals surface area contributed by atoms with Crippen molar-refractivity contribution in [1.29, 1.82) is 0 Å². The summed E-state index contributed by atoms with van der Waals surface area (Å²) < 4.78 is 0. The third-order valence-electron chi connectivity index (χ3n) is 2.18. The van der Waals surface area contributed by atoms with Crippen LogP contribution in [0.4, 0.5) is 5.95 Å². The molecule has 0 aliphatic carbocycles. The fraction of sp³-hybridized carbons (Fsp3) is 0.0909. The van der Waals surface area contributed by atoms with Crippen molar-refractivity contribution in [3.8, 4) is 0 Å². The Hall–Kier alpha value is -2.70. The van der Waals surface area contributed by atoms with Crippen molar-refractivity contribution in [3.63, 3.8) is 0 Å². The number of aromatic nitrogens is 2. The van der Waals surface area contributed by atoms with Gasteiger partial charge in [0.15, 0.2) is 0 Å². The van der Waals surface area contributed by atoms with E-state index in [2.05, 4.69) is 20.3 Å². The van der Waals surface area contributed by atoms with E-state index in [1.54, 1.807) is 24.3 Å². The number of guanidine groups is 1. The predicted molar refractivity (Wildman–Crippen MR) is 66.0 cm³/mol. The van der Waals surface area contributed by atoms with E-state index in [0.29, 0.717) is 10.9 Å². The monoisotopic (exact) mass is 246 g/mol. The van der Waals surface area contributed by atoms with Gasteiger partial charge in [0.25, 0.3) is 17.4 Å². The molecule has 0 spiro atoms. The lowest BCUT2D eigenvalue weighted by Gasteiger charge is -1.97. The lowest BCUT2D eigenvalue weighted by atomic mass is 10.2. The average molecular weight is 246 g/mol. The van der Waals surface area contributed by atoms with E-state index >= 15 is 0 Å². The third-order valence-corrected chi connectivity index (χ3v) is 2.18. The standard InChI is InChI=1S/C11H11N5O2/c1-6(17)13-10(12)16-11-14-8-5-3-2-4-7(8)9(18)15-11/h2-5H,1H3,(H4,12,13,14,15,16,17,18)/p+1. The van der Waals surface area contributed by atoms with Gasteiger partial charge in [-0.2, -0.15) is 0 Å². The van der Waals surface area contributed by atoms with Crippen LogP contribution in [0.5, 0.6) is 0 Å². The Balaban J connectivity index is 2.47.